The second-order valence-electron chi connectivity index (χ2n) is 20.5. The van der Waals surface area contributed by atoms with Crippen molar-refractivity contribution in [1.29, 1.82) is 0 Å². The maximum absolute atomic E-state index is 10.0. The van der Waals surface area contributed by atoms with Gasteiger partial charge in [0, 0.05) is 110 Å². The van der Waals surface area contributed by atoms with E-state index in [0.717, 1.165) is 68.3 Å². The van der Waals surface area contributed by atoms with E-state index >= 15 is 0 Å². The molecule has 0 aliphatic rings. The molecule has 0 aliphatic heterocycles. The fraction of sp³-hybridized carbons (Fsp3) is 0.108. The summed E-state index contributed by atoms with van der Waals surface area (Å²) in [7, 11) is -9.89. The fourth-order valence-corrected chi connectivity index (χ4v) is 8.02. The Kier molecular flexibility index (Phi) is 152. The summed E-state index contributed by atoms with van der Waals surface area (Å²) in [6, 6.07) is 69.6. The molecule has 0 saturated carbocycles. The van der Waals surface area contributed by atoms with Crippen LogP contribution in [-0.4, -0.2) is 216 Å². The van der Waals surface area contributed by atoms with E-state index < -0.39 is 107 Å². The smallest absolute Gasteiger partial charge is 0.550 e. The molecule has 0 amide bonds. The van der Waals surface area contributed by atoms with Gasteiger partial charge in [-0.3, -0.25) is 59.8 Å². The van der Waals surface area contributed by atoms with Crippen LogP contribution in [0.3, 0.4) is 0 Å². The molecule has 12 aromatic heterocycles. The number of pyridine rings is 12. The number of nitrogens with zero attached hydrogens (tertiary/aromatic N) is 12. The van der Waals surface area contributed by atoms with Crippen molar-refractivity contribution in [2.45, 2.75) is 38.5 Å². The van der Waals surface area contributed by atoms with E-state index in [1.807, 2.05) is 218 Å². The van der Waals surface area contributed by atoms with Crippen LogP contribution in [0.1, 0.15) is 38.5 Å². The van der Waals surface area contributed by atoms with Gasteiger partial charge in [0.1, 0.15) is 0 Å². The van der Waals surface area contributed by atoms with Gasteiger partial charge in [0.2, 0.25) is 0 Å². The van der Waals surface area contributed by atoms with Gasteiger partial charge in [-0.05, 0) is 196 Å². The number of rotatable bonds is 18. The third kappa shape index (κ3) is 97.6. The van der Waals surface area contributed by atoms with Crippen LogP contribution in [0, 0.1) is 32.3 Å². The standard InChI is InChI=1S/6C10H8N2.2C7H10O6.2ClHO4.4Cu.22H2O/c6*1-3-7-11-9(5-1)10-6-2-4-8-12-10;2*8-5(9)1-4(2-6(10)11)3-7(12)13;2*2-1(3,4)5;;;;;;;;;;;;;;;;;;;;;;;;;;/h6*1-8H;2*4H,1-3H2,(H,8,9)(H,10,11)(H,12,13);2*(H,2,3,4,5);;;;;22*1H2/q;;;;;;;;;;4*+2;;;;;;;;;;;;;;;;;;;;;;/p-8. The third-order valence-electron chi connectivity index (χ3n) is 12.3. The molecule has 0 bridgehead atoms. The number of carbonyl (C=O) groups is 6. The summed E-state index contributed by atoms with van der Waals surface area (Å²) in [4.78, 5) is 110. The quantitative estimate of drug-likeness (QED) is 0.0720. The van der Waals surface area contributed by atoms with Crippen LogP contribution >= 0.6 is 0 Å². The molecule has 134 heavy (non-hydrogen) atoms. The maximum Gasteiger partial charge on any atom is 2.00 e. The summed E-state index contributed by atoms with van der Waals surface area (Å²) in [5.41, 5.74) is 11.0. The minimum Gasteiger partial charge on any atom is -0.550 e. The largest absolute Gasteiger partial charge is 2.00 e. The van der Waals surface area contributed by atoms with Crippen molar-refractivity contribution in [3.63, 3.8) is 0 Å². The summed E-state index contributed by atoms with van der Waals surface area (Å²) < 4.78 is 67.9. The molecule has 0 fully saturated rings. The molecule has 60 heteroatoms. The zero-order valence-corrected chi connectivity index (χ0v) is 73.9. The number of carboxylic acid groups (broad SMARTS) is 6. The van der Waals surface area contributed by atoms with Gasteiger partial charge in [0.15, 0.2) is 0 Å². The second-order valence-corrected chi connectivity index (χ2v) is 22.0. The average Bonchev–Trinajstić information content (AvgIpc) is 0.912. The van der Waals surface area contributed by atoms with Crippen LogP contribution in [0.15, 0.2) is 293 Å². The van der Waals surface area contributed by atoms with Crippen molar-refractivity contribution in [2.75, 3.05) is 0 Å². The van der Waals surface area contributed by atoms with E-state index in [4.69, 9.17) is 37.3 Å². The molecule has 0 unspecified atom stereocenters. The maximum atomic E-state index is 10.0. The fourth-order valence-electron chi connectivity index (χ4n) is 8.02. The molecule has 0 aliphatic carbocycles. The van der Waals surface area contributed by atoms with Gasteiger partial charge in [0.05, 0.1) is 68.3 Å². The van der Waals surface area contributed by atoms with E-state index in [2.05, 4.69) is 59.8 Å². The normalized spacial score (nSPS) is 8.01. The minimum absolute atomic E-state index is 0. The summed E-state index contributed by atoms with van der Waals surface area (Å²) in [5.74, 6) is -11.0. The molecular weight excluding hydrogens is 2050 g/mol. The van der Waals surface area contributed by atoms with Gasteiger partial charge < -0.3 is 180 Å². The summed E-state index contributed by atoms with van der Waals surface area (Å²) in [6.07, 6.45) is 17.5. The van der Waals surface area contributed by atoms with Crippen molar-refractivity contribution in [1.82, 2.24) is 59.8 Å². The zero-order chi connectivity index (χ0) is 79.2. The molecule has 12 heterocycles. The monoisotopic (exact) mass is 2160 g/mol. The van der Waals surface area contributed by atoms with Gasteiger partial charge in [-0.1, -0.05) is 72.8 Å². The molecular formula is C74H106Cl2Cu4N12O42. The molecule has 44 N–H and O–H groups in total. The van der Waals surface area contributed by atoms with E-state index in [0.29, 0.717) is 0 Å². The summed E-state index contributed by atoms with van der Waals surface area (Å²) >= 11 is 0. The van der Waals surface area contributed by atoms with Crippen molar-refractivity contribution in [2.24, 2.45) is 11.8 Å². The van der Waals surface area contributed by atoms with Crippen LogP contribution in [0.5, 0.6) is 0 Å². The Morgan fingerprint density at radius 2 is 0.239 bits per heavy atom. The zero-order valence-electron chi connectivity index (χ0n) is 68.6. The number of hydrogen-bond acceptors (Lipinski definition) is 32. The molecule has 12 rings (SSSR count). The molecule has 4 radical (unpaired) electrons. The van der Waals surface area contributed by atoms with Gasteiger partial charge in [-0.25, -0.2) is 37.3 Å². The topological polar surface area (TPSA) is 1270 Å². The van der Waals surface area contributed by atoms with Crippen LogP contribution in [0.2, 0.25) is 0 Å². The number of aliphatic carboxylic acids is 6. The van der Waals surface area contributed by atoms with Crippen LogP contribution in [0.4, 0.5) is 0 Å². The first kappa shape index (κ1) is 186. The molecule has 0 spiro atoms. The van der Waals surface area contributed by atoms with E-state index in [-0.39, 0.29) is 189 Å². The van der Waals surface area contributed by atoms with E-state index in [9.17, 15) is 59.4 Å². The van der Waals surface area contributed by atoms with Gasteiger partial charge >= 0.3 is 68.3 Å². The Labute approximate surface area is 808 Å². The molecule has 0 aromatic carbocycles. The molecule has 0 atom stereocenters. The van der Waals surface area contributed by atoms with Crippen LogP contribution in [0.25, 0.3) is 68.3 Å². The number of carboxylic acids is 6. The number of carbonyl (C=O) groups excluding carboxylic acids is 6. The second kappa shape index (κ2) is 110. The SMILES string of the molecule is O.O.O.O.O.O.O.O.O.O.O.O.O.O.O.O.O.O.O.O.O.O.O=C([O-])CC(CC(=O)[O-])CC(=O)[O-].O=C([O-])CC(CC(=O)[O-])CC(=O)[O-].[Cu+2].[Cu+2].[Cu+2].[Cu+2].[O-][Cl+3]([O-])([O-])[O-].[O-][Cl+3]([O-])([O-])[O-].c1ccc(-c2ccccn2)nc1.c1ccc(-c2ccccn2)nc1.c1ccc(-c2ccccn2)nc1.c1ccc(-c2ccccn2)nc1.c1ccc(-c2ccccn2)nc1.c1ccc(-c2ccccn2)nc1. The predicted octanol–water partition coefficient (Wildman–Crippen LogP) is -22.8. The predicted molar refractivity (Wildman–Crippen MR) is 429 cm³/mol. The summed E-state index contributed by atoms with van der Waals surface area (Å²) in [6.45, 7) is 0. The Hall–Kier alpha value is -11.9. The Balaban J connectivity index is -0.0000000450. The van der Waals surface area contributed by atoms with Crippen molar-refractivity contribution in [3.8, 4) is 68.3 Å². The number of aromatic nitrogens is 12. The Bertz CT molecular complexity index is 3520. The van der Waals surface area contributed by atoms with E-state index in [1.54, 1.807) is 74.4 Å². The van der Waals surface area contributed by atoms with Crippen LogP contribution in [-0.2, 0) is 97.0 Å². The van der Waals surface area contributed by atoms with E-state index in [1.165, 1.54) is 0 Å². The van der Waals surface area contributed by atoms with Gasteiger partial charge in [-0.15, -0.1) is 20.5 Å². The number of hydrogen-bond donors (Lipinski definition) is 0. The van der Waals surface area contributed by atoms with Crippen molar-refractivity contribution in [3.05, 3.63) is 293 Å². The van der Waals surface area contributed by atoms with Gasteiger partial charge in [0.25, 0.3) is 0 Å². The average molecular weight is 2160 g/mol. The first-order valence-corrected chi connectivity index (χ1v) is 33.5. The van der Waals surface area contributed by atoms with Crippen LogP contribution < -0.4 is 67.9 Å². The summed E-state index contributed by atoms with van der Waals surface area (Å²) in [5, 5.41) is 60.2. The van der Waals surface area contributed by atoms with Crippen molar-refractivity contribution >= 4 is 35.8 Å². The molecule has 12 aromatic rings. The first-order valence-electron chi connectivity index (χ1n) is 31.0. The Morgan fingerprint density at radius 3 is 0.284 bits per heavy atom. The van der Waals surface area contributed by atoms with Crippen molar-refractivity contribution < 1.29 is 306 Å². The molecule has 0 saturated heterocycles. The molecule has 772 valence electrons. The van der Waals surface area contributed by atoms with Gasteiger partial charge in [-0.2, -0.15) is 0 Å². The molecule has 54 nitrogen and oxygen atoms in total. The Morgan fingerprint density at radius 1 is 0.172 bits per heavy atom. The minimum atomic E-state index is -4.94. The third-order valence-corrected chi connectivity index (χ3v) is 12.3. The first-order chi connectivity index (χ1) is 51.6. The number of halogens is 2.